The van der Waals surface area contributed by atoms with E-state index < -0.39 is 15.8 Å². The molecule has 0 fully saturated rings. The van der Waals surface area contributed by atoms with Crippen molar-refractivity contribution in [3.63, 3.8) is 0 Å². The van der Waals surface area contributed by atoms with Gasteiger partial charge in [0, 0.05) is 11.1 Å². The summed E-state index contributed by atoms with van der Waals surface area (Å²) in [5.41, 5.74) is 2.75. The zero-order chi connectivity index (χ0) is 19.2. The second kappa shape index (κ2) is 6.65. The van der Waals surface area contributed by atoms with Crippen molar-refractivity contribution < 1.29 is 13.2 Å². The van der Waals surface area contributed by atoms with Crippen LogP contribution in [0.1, 0.15) is 32.6 Å². The number of Topliss-reactive ketones (excluding diaryl/α,β-unsaturated/α-hetero) is 1. The van der Waals surface area contributed by atoms with Gasteiger partial charge in [-0.3, -0.25) is 4.79 Å². The number of benzene rings is 2. The van der Waals surface area contributed by atoms with Gasteiger partial charge in [-0.1, -0.05) is 65.2 Å². The Bertz CT molecular complexity index is 1090. The first kappa shape index (κ1) is 18.8. The van der Waals surface area contributed by atoms with Crippen molar-refractivity contribution in [2.45, 2.75) is 25.7 Å². The number of fused-ring (bicyclic) bond motifs is 1. The number of carbonyl (C=O) groups is 1. The summed E-state index contributed by atoms with van der Waals surface area (Å²) in [4.78, 5) is 12.4. The molecule has 0 radical (unpaired) electrons. The highest BCUT2D eigenvalue weighted by molar-refractivity contribution is 7.90. The molecule has 3 rings (SSSR count). The van der Waals surface area contributed by atoms with Gasteiger partial charge in [-0.25, -0.2) is 0 Å². The van der Waals surface area contributed by atoms with Crippen LogP contribution in [0, 0.1) is 20.8 Å². The van der Waals surface area contributed by atoms with Gasteiger partial charge in [0.2, 0.25) is 5.78 Å². The Morgan fingerprint density at radius 2 is 1.42 bits per heavy atom. The summed E-state index contributed by atoms with van der Waals surface area (Å²) in [6.45, 7) is 5.33. The van der Waals surface area contributed by atoms with Gasteiger partial charge in [0.25, 0.3) is 10.0 Å². The topological polar surface area (TPSA) is 63.6 Å². The molecule has 134 valence electrons. The van der Waals surface area contributed by atoms with Gasteiger partial charge in [0.15, 0.2) is 0 Å². The van der Waals surface area contributed by atoms with Crippen molar-refractivity contribution in [1.29, 1.82) is 0 Å². The lowest BCUT2D eigenvalue weighted by atomic mass is 9.94. The van der Waals surface area contributed by atoms with E-state index in [9.17, 15) is 13.2 Å². The van der Waals surface area contributed by atoms with Crippen molar-refractivity contribution in [2.24, 2.45) is 4.40 Å². The number of halogens is 2. The molecule has 2 aromatic rings. The third-order valence-electron chi connectivity index (χ3n) is 4.10. The predicted octanol–water partition coefficient (Wildman–Crippen LogP) is 4.68. The van der Waals surface area contributed by atoms with Crippen molar-refractivity contribution in [3.05, 3.63) is 74.3 Å². The fraction of sp³-hybridized carbons (Fsp3) is 0.158. The molecule has 0 amide bonds. The molecule has 1 aliphatic carbocycles. The lowest BCUT2D eigenvalue weighted by Gasteiger charge is -2.17. The molecule has 26 heavy (non-hydrogen) atoms. The predicted molar refractivity (Wildman–Crippen MR) is 104 cm³/mol. The minimum Gasteiger partial charge on any atom is -0.288 e. The number of allylic oxidation sites excluding steroid dienone is 2. The molecule has 0 atom stereocenters. The maximum Gasteiger partial charge on any atom is 0.283 e. The third kappa shape index (κ3) is 3.11. The average Bonchev–Trinajstić information content (AvgIpc) is 2.55. The molecule has 4 nitrogen and oxygen atoms in total. The molecular weight excluding hydrogens is 393 g/mol. The molecular formula is C19H15Cl2NO3S. The Morgan fingerprint density at radius 3 is 2.00 bits per heavy atom. The standard InChI is InChI=1S/C19H15Cl2NO3S/c1-10-8-11(2)19(12(3)9-10)26(24,25)22-17-13-6-4-5-7-14(13)18(23)16(21)15(17)20/h4-9H,1-3H3. The Morgan fingerprint density at radius 1 is 0.885 bits per heavy atom. The highest BCUT2D eigenvalue weighted by atomic mass is 35.5. The third-order valence-corrected chi connectivity index (χ3v) is 6.51. The fourth-order valence-corrected chi connectivity index (χ4v) is 5.08. The largest absolute Gasteiger partial charge is 0.288 e. The maximum absolute atomic E-state index is 13.0. The Labute approximate surface area is 162 Å². The maximum atomic E-state index is 13.0. The van der Waals surface area contributed by atoms with Gasteiger partial charge in [0.1, 0.15) is 10.7 Å². The smallest absolute Gasteiger partial charge is 0.283 e. The Balaban J connectivity index is 2.28. The summed E-state index contributed by atoms with van der Waals surface area (Å²) >= 11 is 12.2. The van der Waals surface area contributed by atoms with Crippen LogP contribution < -0.4 is 0 Å². The van der Waals surface area contributed by atoms with E-state index in [2.05, 4.69) is 4.40 Å². The first-order valence-corrected chi connectivity index (χ1v) is 9.95. The van der Waals surface area contributed by atoms with Crippen molar-refractivity contribution in [2.75, 3.05) is 0 Å². The highest BCUT2D eigenvalue weighted by Crippen LogP contribution is 2.33. The molecule has 2 aromatic carbocycles. The second-order valence-electron chi connectivity index (χ2n) is 6.15. The second-order valence-corrected chi connectivity index (χ2v) is 8.44. The van der Waals surface area contributed by atoms with Crippen LogP contribution in [0.25, 0.3) is 0 Å². The van der Waals surface area contributed by atoms with Gasteiger partial charge in [0.05, 0.1) is 9.93 Å². The van der Waals surface area contributed by atoms with Crippen LogP contribution in [0.15, 0.2) is 55.8 Å². The normalized spacial score (nSPS) is 16.2. The van der Waals surface area contributed by atoms with Crippen LogP contribution in [0.3, 0.4) is 0 Å². The number of carbonyl (C=O) groups excluding carboxylic acids is 1. The van der Waals surface area contributed by atoms with Crippen molar-refractivity contribution in [3.8, 4) is 0 Å². The van der Waals surface area contributed by atoms with Crippen molar-refractivity contribution in [1.82, 2.24) is 0 Å². The number of rotatable bonds is 2. The van der Waals surface area contributed by atoms with E-state index in [-0.39, 0.29) is 26.2 Å². The van der Waals surface area contributed by atoms with E-state index >= 15 is 0 Å². The van der Waals surface area contributed by atoms with Gasteiger partial charge in [-0.05, 0) is 31.9 Å². The summed E-state index contributed by atoms with van der Waals surface area (Å²) in [6.07, 6.45) is 0. The van der Waals surface area contributed by atoms with Gasteiger partial charge in [-0.15, -0.1) is 0 Å². The molecule has 1 aliphatic rings. The fourth-order valence-electron chi connectivity index (χ4n) is 3.16. The molecule has 0 unspecified atom stereocenters. The number of aryl methyl sites for hydroxylation is 3. The van der Waals surface area contributed by atoms with Crippen LogP contribution in [0.4, 0.5) is 0 Å². The van der Waals surface area contributed by atoms with Crippen LogP contribution in [-0.2, 0) is 10.0 Å². The Kier molecular flexibility index (Phi) is 4.82. The SMILES string of the molecule is Cc1cc(C)c(S(=O)(=O)N=C2C(Cl)=C(Cl)C(=O)c3ccccc32)c(C)c1. The summed E-state index contributed by atoms with van der Waals surface area (Å²) in [7, 11) is -4.06. The number of ketones is 1. The molecule has 0 aliphatic heterocycles. The van der Waals surface area contributed by atoms with E-state index in [1.54, 1.807) is 50.2 Å². The summed E-state index contributed by atoms with van der Waals surface area (Å²) in [5, 5.41) is -0.405. The van der Waals surface area contributed by atoms with Gasteiger partial charge >= 0.3 is 0 Å². The van der Waals surface area contributed by atoms with Crippen LogP contribution in [-0.4, -0.2) is 19.9 Å². The van der Waals surface area contributed by atoms with Gasteiger partial charge in [-0.2, -0.15) is 12.8 Å². The minimum atomic E-state index is -4.06. The summed E-state index contributed by atoms with van der Waals surface area (Å²) in [6, 6.07) is 10.1. The molecule has 0 bridgehead atoms. The number of sulfonamides is 1. The summed E-state index contributed by atoms with van der Waals surface area (Å²) in [5.74, 6) is -0.452. The number of nitrogens with zero attached hydrogens (tertiary/aromatic N) is 1. The van der Waals surface area contributed by atoms with Crippen LogP contribution >= 0.6 is 23.2 Å². The van der Waals surface area contributed by atoms with E-state index in [1.807, 2.05) is 6.92 Å². The average molecular weight is 408 g/mol. The summed E-state index contributed by atoms with van der Waals surface area (Å²) < 4.78 is 30.0. The van der Waals surface area contributed by atoms with E-state index in [0.29, 0.717) is 16.7 Å². The molecule has 0 spiro atoms. The molecule has 0 saturated carbocycles. The lowest BCUT2D eigenvalue weighted by Crippen LogP contribution is -2.20. The molecule has 0 aromatic heterocycles. The monoisotopic (exact) mass is 407 g/mol. The van der Waals surface area contributed by atoms with E-state index in [0.717, 1.165) is 5.56 Å². The molecule has 0 saturated heterocycles. The van der Waals surface area contributed by atoms with Crippen LogP contribution in [0.5, 0.6) is 0 Å². The first-order chi connectivity index (χ1) is 12.1. The zero-order valence-corrected chi connectivity index (χ0v) is 16.6. The van der Waals surface area contributed by atoms with Crippen molar-refractivity contribution >= 4 is 44.7 Å². The van der Waals surface area contributed by atoms with E-state index in [4.69, 9.17) is 23.2 Å². The van der Waals surface area contributed by atoms with Crippen LogP contribution in [0.2, 0.25) is 0 Å². The quantitative estimate of drug-likeness (QED) is 0.725. The van der Waals surface area contributed by atoms with Gasteiger partial charge < -0.3 is 0 Å². The number of hydrogen-bond acceptors (Lipinski definition) is 3. The lowest BCUT2D eigenvalue weighted by molar-refractivity contribution is 0.104. The minimum absolute atomic E-state index is 0.0220. The molecule has 0 N–H and O–H groups in total. The molecule has 0 heterocycles. The van der Waals surface area contributed by atoms with E-state index in [1.165, 1.54) is 0 Å². The first-order valence-electron chi connectivity index (χ1n) is 7.76. The highest BCUT2D eigenvalue weighted by Gasteiger charge is 2.31. The zero-order valence-electron chi connectivity index (χ0n) is 14.3. The number of hydrogen-bond donors (Lipinski definition) is 0. The Hall–Kier alpha value is -1.95. The molecule has 7 heteroatoms.